The van der Waals surface area contributed by atoms with Gasteiger partial charge in [-0.25, -0.2) is 0 Å². The number of nitrogens with one attached hydrogen (secondary N) is 1. The maximum atomic E-state index is 6.07. The SMILES string of the molecule is CCC1CNCC2(CC(C)C2)O1. The van der Waals surface area contributed by atoms with Crippen molar-refractivity contribution in [1.29, 1.82) is 0 Å². The van der Waals surface area contributed by atoms with Gasteiger partial charge in [0, 0.05) is 13.1 Å². The molecule has 1 saturated heterocycles. The standard InChI is InChI=1S/C10H19NO/c1-3-9-6-11-7-10(12-9)4-8(2)5-10/h8-9,11H,3-7H2,1-2H3. The highest BCUT2D eigenvalue weighted by Gasteiger charge is 2.45. The first kappa shape index (κ1) is 8.52. The van der Waals surface area contributed by atoms with Crippen molar-refractivity contribution in [3.05, 3.63) is 0 Å². The lowest BCUT2D eigenvalue weighted by molar-refractivity contribution is -0.176. The van der Waals surface area contributed by atoms with E-state index in [1.807, 2.05) is 0 Å². The molecule has 1 unspecified atom stereocenters. The second kappa shape index (κ2) is 3.00. The summed E-state index contributed by atoms with van der Waals surface area (Å²) >= 11 is 0. The Morgan fingerprint density at radius 2 is 2.25 bits per heavy atom. The second-order valence-corrected chi connectivity index (χ2v) is 4.48. The van der Waals surface area contributed by atoms with Crippen molar-refractivity contribution in [2.45, 2.75) is 44.8 Å². The Bertz CT molecular complexity index is 158. The lowest BCUT2D eigenvalue weighted by atomic mass is 9.71. The molecule has 1 atom stereocenters. The van der Waals surface area contributed by atoms with Gasteiger partial charge in [0.25, 0.3) is 0 Å². The van der Waals surface area contributed by atoms with E-state index < -0.39 is 0 Å². The Kier molecular flexibility index (Phi) is 2.13. The summed E-state index contributed by atoms with van der Waals surface area (Å²) < 4.78 is 6.07. The Hall–Kier alpha value is -0.0800. The molecule has 1 spiro atoms. The molecule has 1 saturated carbocycles. The average Bonchev–Trinajstić information content (AvgIpc) is 2.02. The molecule has 0 aromatic rings. The smallest absolute Gasteiger partial charge is 0.0815 e. The van der Waals surface area contributed by atoms with Gasteiger partial charge in [0.05, 0.1) is 11.7 Å². The molecule has 2 nitrogen and oxygen atoms in total. The van der Waals surface area contributed by atoms with Crippen LogP contribution in [0.3, 0.4) is 0 Å². The maximum absolute atomic E-state index is 6.07. The largest absolute Gasteiger partial charge is 0.369 e. The van der Waals surface area contributed by atoms with E-state index in [0.717, 1.165) is 25.4 Å². The zero-order valence-electron chi connectivity index (χ0n) is 8.10. The number of rotatable bonds is 1. The Morgan fingerprint density at radius 1 is 1.50 bits per heavy atom. The first-order valence-corrected chi connectivity index (χ1v) is 5.13. The molecule has 1 aliphatic carbocycles. The molecule has 2 heteroatoms. The summed E-state index contributed by atoms with van der Waals surface area (Å²) in [6.45, 7) is 6.64. The van der Waals surface area contributed by atoms with Crippen LogP contribution in [0.15, 0.2) is 0 Å². The molecule has 2 aliphatic rings. The topological polar surface area (TPSA) is 21.3 Å². The van der Waals surface area contributed by atoms with E-state index in [-0.39, 0.29) is 5.60 Å². The van der Waals surface area contributed by atoms with Crippen LogP contribution in [-0.4, -0.2) is 24.8 Å². The van der Waals surface area contributed by atoms with Gasteiger partial charge < -0.3 is 10.1 Å². The number of hydrogen-bond acceptors (Lipinski definition) is 2. The third-order valence-corrected chi connectivity index (χ3v) is 3.13. The van der Waals surface area contributed by atoms with Crippen LogP contribution in [0.1, 0.15) is 33.1 Å². The molecule has 0 aromatic heterocycles. The van der Waals surface area contributed by atoms with Crippen LogP contribution in [-0.2, 0) is 4.74 Å². The van der Waals surface area contributed by atoms with Crippen LogP contribution in [0.2, 0.25) is 0 Å². The summed E-state index contributed by atoms with van der Waals surface area (Å²) in [7, 11) is 0. The molecule has 2 fully saturated rings. The fraction of sp³-hybridized carbons (Fsp3) is 1.00. The van der Waals surface area contributed by atoms with Crippen LogP contribution in [0.5, 0.6) is 0 Å². The molecule has 12 heavy (non-hydrogen) atoms. The summed E-state index contributed by atoms with van der Waals surface area (Å²) in [5, 5.41) is 3.47. The van der Waals surface area contributed by atoms with Crippen LogP contribution in [0.4, 0.5) is 0 Å². The first-order chi connectivity index (χ1) is 5.74. The molecule has 1 aliphatic heterocycles. The second-order valence-electron chi connectivity index (χ2n) is 4.48. The van der Waals surface area contributed by atoms with Crippen molar-refractivity contribution in [2.75, 3.05) is 13.1 Å². The Labute approximate surface area is 74.7 Å². The third-order valence-electron chi connectivity index (χ3n) is 3.13. The zero-order valence-corrected chi connectivity index (χ0v) is 8.10. The lowest BCUT2D eigenvalue weighted by Crippen LogP contribution is -2.59. The molecule has 2 rings (SSSR count). The first-order valence-electron chi connectivity index (χ1n) is 5.13. The summed E-state index contributed by atoms with van der Waals surface area (Å²) in [6.07, 6.45) is 4.13. The molecule has 0 aromatic carbocycles. The van der Waals surface area contributed by atoms with Gasteiger partial charge in [0.2, 0.25) is 0 Å². The van der Waals surface area contributed by atoms with Gasteiger partial charge in [-0.05, 0) is 25.2 Å². The number of ether oxygens (including phenoxy) is 1. The highest BCUT2D eigenvalue weighted by Crippen LogP contribution is 2.42. The lowest BCUT2D eigenvalue weighted by Gasteiger charge is -2.51. The predicted molar refractivity (Wildman–Crippen MR) is 49.2 cm³/mol. The van der Waals surface area contributed by atoms with Gasteiger partial charge in [-0.15, -0.1) is 0 Å². The van der Waals surface area contributed by atoms with Gasteiger partial charge >= 0.3 is 0 Å². The minimum Gasteiger partial charge on any atom is -0.369 e. The normalized spacial score (nSPS) is 47.5. The van der Waals surface area contributed by atoms with Crippen LogP contribution >= 0.6 is 0 Å². The van der Waals surface area contributed by atoms with Gasteiger partial charge in [0.15, 0.2) is 0 Å². The predicted octanol–water partition coefficient (Wildman–Crippen LogP) is 1.55. The van der Waals surface area contributed by atoms with E-state index in [1.54, 1.807) is 0 Å². The van der Waals surface area contributed by atoms with E-state index in [0.29, 0.717) is 6.10 Å². The quantitative estimate of drug-likeness (QED) is 0.643. The summed E-state index contributed by atoms with van der Waals surface area (Å²) in [5.74, 6) is 0.877. The Balaban J connectivity index is 1.91. The number of morpholine rings is 1. The zero-order chi connectivity index (χ0) is 8.60. The monoisotopic (exact) mass is 169 g/mol. The van der Waals surface area contributed by atoms with Crippen molar-refractivity contribution in [3.63, 3.8) is 0 Å². The van der Waals surface area contributed by atoms with Crippen molar-refractivity contribution in [2.24, 2.45) is 5.92 Å². The maximum Gasteiger partial charge on any atom is 0.0815 e. The third kappa shape index (κ3) is 1.38. The van der Waals surface area contributed by atoms with E-state index in [4.69, 9.17) is 4.74 Å². The van der Waals surface area contributed by atoms with Crippen LogP contribution in [0.25, 0.3) is 0 Å². The minimum atomic E-state index is 0.234. The molecule has 0 bridgehead atoms. The van der Waals surface area contributed by atoms with Gasteiger partial charge in [-0.2, -0.15) is 0 Å². The van der Waals surface area contributed by atoms with E-state index >= 15 is 0 Å². The highest BCUT2D eigenvalue weighted by molar-refractivity contribution is 4.98. The van der Waals surface area contributed by atoms with Gasteiger partial charge in [-0.1, -0.05) is 13.8 Å². The average molecular weight is 169 g/mol. The summed E-state index contributed by atoms with van der Waals surface area (Å²) in [4.78, 5) is 0. The summed E-state index contributed by atoms with van der Waals surface area (Å²) in [5.41, 5.74) is 0.234. The Morgan fingerprint density at radius 3 is 2.83 bits per heavy atom. The van der Waals surface area contributed by atoms with E-state index in [9.17, 15) is 0 Å². The molecule has 0 amide bonds. The van der Waals surface area contributed by atoms with Crippen LogP contribution < -0.4 is 5.32 Å². The van der Waals surface area contributed by atoms with Crippen molar-refractivity contribution in [1.82, 2.24) is 5.32 Å². The highest BCUT2D eigenvalue weighted by atomic mass is 16.5. The number of hydrogen-bond donors (Lipinski definition) is 1. The molecule has 1 heterocycles. The van der Waals surface area contributed by atoms with Gasteiger partial charge in [0.1, 0.15) is 0 Å². The van der Waals surface area contributed by atoms with E-state index in [1.165, 1.54) is 12.8 Å². The van der Waals surface area contributed by atoms with Crippen molar-refractivity contribution < 1.29 is 4.74 Å². The van der Waals surface area contributed by atoms with Crippen molar-refractivity contribution >= 4 is 0 Å². The fourth-order valence-corrected chi connectivity index (χ4v) is 2.58. The molecule has 70 valence electrons. The minimum absolute atomic E-state index is 0.234. The van der Waals surface area contributed by atoms with Crippen LogP contribution in [0, 0.1) is 5.92 Å². The fourth-order valence-electron chi connectivity index (χ4n) is 2.58. The molecular weight excluding hydrogens is 150 g/mol. The summed E-state index contributed by atoms with van der Waals surface area (Å²) in [6, 6.07) is 0. The van der Waals surface area contributed by atoms with Gasteiger partial charge in [-0.3, -0.25) is 0 Å². The molecule has 1 N–H and O–H groups in total. The van der Waals surface area contributed by atoms with Crippen molar-refractivity contribution in [3.8, 4) is 0 Å². The molecule has 0 radical (unpaired) electrons. The van der Waals surface area contributed by atoms with E-state index in [2.05, 4.69) is 19.2 Å². The molecular formula is C10H19NO.